The van der Waals surface area contributed by atoms with E-state index in [2.05, 4.69) is 10.3 Å². The quantitative estimate of drug-likeness (QED) is 0.498. The third-order valence-electron chi connectivity index (χ3n) is 4.20. The Kier molecular flexibility index (Phi) is 4.90. The summed E-state index contributed by atoms with van der Waals surface area (Å²) in [5, 5.41) is 4.82. The summed E-state index contributed by atoms with van der Waals surface area (Å²) in [5.41, 5.74) is 2.24. The van der Waals surface area contributed by atoms with Crippen LogP contribution in [0, 0.1) is 0 Å². The average Bonchev–Trinajstić information content (AvgIpc) is 3.30. The lowest BCUT2D eigenvalue weighted by Gasteiger charge is -2.09. The fraction of sp³-hybridized carbons (Fsp3) is 0.0952. The van der Waals surface area contributed by atoms with Gasteiger partial charge >= 0.3 is 0 Å². The summed E-state index contributed by atoms with van der Waals surface area (Å²) in [6, 6.07) is 16.4. The largest absolute Gasteiger partial charge is 0.484 e. The second-order valence-electron chi connectivity index (χ2n) is 6.15. The van der Waals surface area contributed by atoms with Crippen LogP contribution in [-0.2, 0) is 4.79 Å². The van der Waals surface area contributed by atoms with Crippen LogP contribution in [-0.4, -0.2) is 27.7 Å². The van der Waals surface area contributed by atoms with Gasteiger partial charge in [0.25, 0.3) is 5.91 Å². The molecule has 0 fully saturated rings. The molecule has 0 unspecified atom stereocenters. The Bertz CT molecular complexity index is 1130. The predicted molar refractivity (Wildman–Crippen MR) is 109 cm³/mol. The molecule has 4 rings (SSSR count). The highest BCUT2D eigenvalue weighted by molar-refractivity contribution is 7.15. The zero-order valence-electron chi connectivity index (χ0n) is 15.1. The van der Waals surface area contributed by atoms with Gasteiger partial charge in [-0.25, -0.2) is 4.98 Å². The van der Waals surface area contributed by atoms with Gasteiger partial charge in [-0.05, 0) is 31.2 Å². The third kappa shape index (κ3) is 3.65. The summed E-state index contributed by atoms with van der Waals surface area (Å²) in [7, 11) is 0. The van der Waals surface area contributed by atoms with Crippen molar-refractivity contribution < 1.29 is 14.3 Å². The number of benzene rings is 2. The molecule has 1 amide bonds. The van der Waals surface area contributed by atoms with Crippen LogP contribution in [0.5, 0.6) is 5.75 Å². The first-order chi connectivity index (χ1) is 13.6. The number of carbonyl (C=O) groups excluding carboxylic acids is 2. The average molecular weight is 391 g/mol. The predicted octanol–water partition coefficient (Wildman–Crippen LogP) is 4.28. The van der Waals surface area contributed by atoms with Crippen molar-refractivity contribution in [1.82, 2.24) is 9.38 Å². The number of hydrogen-bond donors (Lipinski definition) is 1. The minimum Gasteiger partial charge on any atom is -0.484 e. The number of Topliss-reactive ketones (excluding diaryl/α,β-unsaturated/α-hetero) is 1. The van der Waals surface area contributed by atoms with Gasteiger partial charge in [-0.1, -0.05) is 30.3 Å². The number of ketones is 1. The molecule has 6 nitrogen and oxygen atoms in total. The van der Waals surface area contributed by atoms with E-state index in [9.17, 15) is 9.59 Å². The first-order valence-electron chi connectivity index (χ1n) is 8.66. The minimum absolute atomic E-state index is 0.0155. The number of aromatic nitrogens is 2. The maximum atomic E-state index is 12.5. The van der Waals surface area contributed by atoms with Crippen LogP contribution in [0.15, 0.2) is 66.2 Å². The second-order valence-corrected chi connectivity index (χ2v) is 7.02. The Labute approximate surface area is 165 Å². The van der Waals surface area contributed by atoms with Crippen molar-refractivity contribution >= 4 is 33.8 Å². The topological polar surface area (TPSA) is 72.7 Å². The molecule has 0 spiro atoms. The van der Waals surface area contributed by atoms with Crippen molar-refractivity contribution in [2.45, 2.75) is 6.92 Å². The van der Waals surface area contributed by atoms with Crippen LogP contribution in [0.4, 0.5) is 5.82 Å². The summed E-state index contributed by atoms with van der Waals surface area (Å²) in [4.78, 5) is 29.2. The van der Waals surface area contributed by atoms with E-state index in [1.54, 1.807) is 24.3 Å². The van der Waals surface area contributed by atoms with E-state index in [-0.39, 0.29) is 18.3 Å². The number of fused-ring (bicyclic) bond motifs is 1. The van der Waals surface area contributed by atoms with Gasteiger partial charge < -0.3 is 10.1 Å². The number of nitrogens with one attached hydrogen (secondary N) is 1. The van der Waals surface area contributed by atoms with E-state index in [1.807, 2.05) is 46.3 Å². The first kappa shape index (κ1) is 17.9. The monoisotopic (exact) mass is 391 g/mol. The lowest BCUT2D eigenvalue weighted by molar-refractivity contribution is -0.118. The van der Waals surface area contributed by atoms with Gasteiger partial charge in [-0.2, -0.15) is 0 Å². The fourth-order valence-electron chi connectivity index (χ4n) is 2.81. The zero-order chi connectivity index (χ0) is 19.5. The molecular formula is C21H17N3O3S. The Morgan fingerprint density at radius 3 is 2.57 bits per heavy atom. The van der Waals surface area contributed by atoms with E-state index in [0.717, 1.165) is 10.5 Å². The molecule has 2 aromatic carbocycles. The molecule has 0 saturated heterocycles. The molecule has 0 bridgehead atoms. The standard InChI is InChI=1S/C21H17N3O3S/c1-14(25)15-7-9-17(10-8-15)27-13-18(26)22-20-19(16-5-3-2-4-6-16)23-21-24(20)11-12-28-21/h2-12H,13H2,1H3,(H,22,26). The number of anilines is 1. The van der Waals surface area contributed by atoms with Gasteiger partial charge in [-0.3, -0.25) is 14.0 Å². The molecule has 1 N–H and O–H groups in total. The van der Waals surface area contributed by atoms with Crippen LogP contribution >= 0.6 is 11.3 Å². The van der Waals surface area contributed by atoms with Gasteiger partial charge in [0, 0.05) is 22.7 Å². The number of amides is 1. The maximum absolute atomic E-state index is 12.5. The van der Waals surface area contributed by atoms with E-state index < -0.39 is 0 Å². The number of hydrogen-bond acceptors (Lipinski definition) is 5. The number of thiazole rings is 1. The summed E-state index contributed by atoms with van der Waals surface area (Å²) in [5.74, 6) is 0.833. The molecule has 2 aromatic heterocycles. The van der Waals surface area contributed by atoms with Crippen molar-refractivity contribution in [1.29, 1.82) is 0 Å². The molecule has 0 atom stereocenters. The molecule has 0 aliphatic heterocycles. The van der Waals surface area contributed by atoms with E-state index >= 15 is 0 Å². The second kappa shape index (κ2) is 7.66. The van der Waals surface area contributed by atoms with E-state index in [4.69, 9.17) is 4.74 Å². The summed E-state index contributed by atoms with van der Waals surface area (Å²) in [6.07, 6.45) is 1.87. The molecule has 0 aliphatic rings. The smallest absolute Gasteiger partial charge is 0.263 e. The SMILES string of the molecule is CC(=O)c1ccc(OCC(=O)Nc2c(-c3ccccc3)nc3sccn23)cc1. The van der Waals surface area contributed by atoms with Crippen molar-refractivity contribution in [3.63, 3.8) is 0 Å². The van der Waals surface area contributed by atoms with Crippen molar-refractivity contribution in [3.8, 4) is 17.0 Å². The van der Waals surface area contributed by atoms with Gasteiger partial charge in [-0.15, -0.1) is 11.3 Å². The van der Waals surface area contributed by atoms with Crippen LogP contribution in [0.2, 0.25) is 0 Å². The van der Waals surface area contributed by atoms with Crippen LogP contribution in [0.3, 0.4) is 0 Å². The molecule has 4 aromatic rings. The van der Waals surface area contributed by atoms with Crippen LogP contribution < -0.4 is 10.1 Å². The van der Waals surface area contributed by atoms with Crippen molar-refractivity contribution in [2.24, 2.45) is 0 Å². The molecule has 2 heterocycles. The maximum Gasteiger partial charge on any atom is 0.263 e. The van der Waals surface area contributed by atoms with Crippen molar-refractivity contribution in [2.75, 3.05) is 11.9 Å². The minimum atomic E-state index is -0.291. The van der Waals surface area contributed by atoms with Gasteiger partial charge in [0.05, 0.1) is 0 Å². The van der Waals surface area contributed by atoms with Crippen molar-refractivity contribution in [3.05, 3.63) is 71.7 Å². The van der Waals surface area contributed by atoms with E-state index in [0.29, 0.717) is 22.8 Å². The number of ether oxygens (including phenoxy) is 1. The summed E-state index contributed by atoms with van der Waals surface area (Å²) in [6.45, 7) is 1.36. The Hall–Kier alpha value is -3.45. The molecule has 28 heavy (non-hydrogen) atoms. The number of carbonyl (C=O) groups is 2. The molecular weight excluding hydrogens is 374 g/mol. The fourth-order valence-corrected chi connectivity index (χ4v) is 3.52. The molecule has 0 saturated carbocycles. The number of imidazole rings is 1. The third-order valence-corrected chi connectivity index (χ3v) is 4.95. The van der Waals surface area contributed by atoms with E-state index in [1.165, 1.54) is 18.3 Å². The normalized spacial score (nSPS) is 10.8. The highest BCUT2D eigenvalue weighted by Crippen LogP contribution is 2.30. The Balaban J connectivity index is 1.50. The lowest BCUT2D eigenvalue weighted by Crippen LogP contribution is -2.21. The summed E-state index contributed by atoms with van der Waals surface area (Å²) >= 11 is 1.50. The highest BCUT2D eigenvalue weighted by atomic mass is 32.1. The Morgan fingerprint density at radius 1 is 1.11 bits per heavy atom. The summed E-state index contributed by atoms with van der Waals surface area (Å²) < 4.78 is 7.39. The molecule has 7 heteroatoms. The van der Waals surface area contributed by atoms with Crippen LogP contribution in [0.1, 0.15) is 17.3 Å². The van der Waals surface area contributed by atoms with Gasteiger partial charge in [0.1, 0.15) is 17.3 Å². The highest BCUT2D eigenvalue weighted by Gasteiger charge is 2.17. The first-order valence-corrected chi connectivity index (χ1v) is 9.54. The zero-order valence-corrected chi connectivity index (χ0v) is 15.9. The van der Waals surface area contributed by atoms with Gasteiger partial charge in [0.15, 0.2) is 17.4 Å². The van der Waals surface area contributed by atoms with Crippen LogP contribution in [0.25, 0.3) is 16.2 Å². The van der Waals surface area contributed by atoms with Gasteiger partial charge in [0.2, 0.25) is 0 Å². The molecule has 0 aliphatic carbocycles. The molecule has 140 valence electrons. The molecule has 0 radical (unpaired) electrons. The number of rotatable bonds is 6. The Morgan fingerprint density at radius 2 is 1.86 bits per heavy atom. The number of nitrogens with zero attached hydrogens (tertiary/aromatic N) is 2. The lowest BCUT2D eigenvalue weighted by atomic mass is 10.1.